The molecule has 98 valence electrons. The van der Waals surface area contributed by atoms with Gasteiger partial charge in [0.2, 0.25) is 0 Å². The van der Waals surface area contributed by atoms with Crippen molar-refractivity contribution in [1.82, 2.24) is 0 Å². The molecule has 0 radical (unpaired) electrons. The minimum absolute atomic E-state index is 0.191. The van der Waals surface area contributed by atoms with Crippen LogP contribution in [0.3, 0.4) is 0 Å². The number of ether oxygens (including phenoxy) is 1. The zero-order valence-corrected chi connectivity index (χ0v) is 11.6. The molecule has 1 aliphatic rings. The van der Waals surface area contributed by atoms with Gasteiger partial charge in [-0.15, -0.1) is 0 Å². The Morgan fingerprint density at radius 2 is 2.16 bits per heavy atom. The van der Waals surface area contributed by atoms with E-state index in [2.05, 4.69) is 30.4 Å². The molecule has 0 amide bonds. The molecule has 3 heteroatoms. The smallest absolute Gasteiger partial charge is 0.123 e. The van der Waals surface area contributed by atoms with Gasteiger partial charge in [0, 0.05) is 17.1 Å². The van der Waals surface area contributed by atoms with Crippen LogP contribution in [0.4, 0.5) is 5.69 Å². The molecular formula is C16H16ClNO. The summed E-state index contributed by atoms with van der Waals surface area (Å²) in [6.45, 7) is 2.89. The minimum Gasteiger partial charge on any atom is -0.488 e. The summed E-state index contributed by atoms with van der Waals surface area (Å²) in [6.07, 6.45) is 1.15. The molecule has 2 aromatic rings. The summed E-state index contributed by atoms with van der Waals surface area (Å²) in [5.41, 5.74) is 3.62. The van der Waals surface area contributed by atoms with Crippen molar-refractivity contribution in [2.75, 3.05) is 11.9 Å². The lowest BCUT2D eigenvalue weighted by Gasteiger charge is -2.13. The number of aryl methyl sites for hydroxylation is 1. The molecule has 0 aromatic heterocycles. The van der Waals surface area contributed by atoms with Gasteiger partial charge in [0.1, 0.15) is 11.9 Å². The molecule has 0 fully saturated rings. The Morgan fingerprint density at radius 1 is 1.26 bits per heavy atom. The van der Waals surface area contributed by atoms with E-state index in [1.807, 2.05) is 24.3 Å². The van der Waals surface area contributed by atoms with E-state index < -0.39 is 0 Å². The second kappa shape index (κ2) is 5.14. The maximum atomic E-state index is 5.96. The Bertz CT molecular complexity index is 597. The van der Waals surface area contributed by atoms with Crippen molar-refractivity contribution in [1.29, 1.82) is 0 Å². The number of hydrogen-bond donors (Lipinski definition) is 1. The van der Waals surface area contributed by atoms with Crippen LogP contribution in [0.5, 0.6) is 5.75 Å². The quantitative estimate of drug-likeness (QED) is 0.910. The molecule has 0 aliphatic carbocycles. The van der Waals surface area contributed by atoms with Crippen LogP contribution in [-0.2, 0) is 6.42 Å². The van der Waals surface area contributed by atoms with Crippen LogP contribution < -0.4 is 10.1 Å². The Kier molecular flexibility index (Phi) is 3.34. The molecule has 2 aromatic carbocycles. The summed E-state index contributed by atoms with van der Waals surface area (Å²) in [7, 11) is 0. The zero-order valence-electron chi connectivity index (χ0n) is 10.8. The van der Waals surface area contributed by atoms with Crippen molar-refractivity contribution in [3.05, 3.63) is 58.6 Å². The van der Waals surface area contributed by atoms with Crippen LogP contribution in [0.1, 0.15) is 11.1 Å². The normalized spacial score (nSPS) is 16.8. The molecule has 0 bridgehead atoms. The lowest BCUT2D eigenvalue weighted by Crippen LogP contribution is -2.23. The average Bonchev–Trinajstić information content (AvgIpc) is 2.78. The van der Waals surface area contributed by atoms with Crippen molar-refractivity contribution >= 4 is 17.3 Å². The molecule has 0 saturated carbocycles. The Labute approximate surface area is 118 Å². The summed E-state index contributed by atoms with van der Waals surface area (Å²) in [5, 5.41) is 4.11. The first-order chi connectivity index (χ1) is 9.20. The molecule has 3 rings (SSSR count). The van der Waals surface area contributed by atoms with Gasteiger partial charge in [0.15, 0.2) is 0 Å². The van der Waals surface area contributed by atoms with E-state index in [1.165, 1.54) is 11.1 Å². The molecule has 1 aliphatic heterocycles. The Hall–Kier alpha value is -1.67. The second-order valence-corrected chi connectivity index (χ2v) is 5.38. The average molecular weight is 274 g/mol. The fraction of sp³-hybridized carbons (Fsp3) is 0.250. The summed E-state index contributed by atoms with van der Waals surface area (Å²) in [5.74, 6) is 1.02. The molecule has 1 N–H and O–H groups in total. The molecule has 0 spiro atoms. The van der Waals surface area contributed by atoms with E-state index in [-0.39, 0.29) is 6.10 Å². The summed E-state index contributed by atoms with van der Waals surface area (Å²) in [4.78, 5) is 0. The Morgan fingerprint density at radius 3 is 3.00 bits per heavy atom. The number of halogens is 1. The molecule has 19 heavy (non-hydrogen) atoms. The lowest BCUT2D eigenvalue weighted by molar-refractivity contribution is 0.246. The molecule has 1 heterocycles. The van der Waals surface area contributed by atoms with E-state index in [1.54, 1.807) is 0 Å². The largest absolute Gasteiger partial charge is 0.488 e. The fourth-order valence-electron chi connectivity index (χ4n) is 2.39. The number of benzene rings is 2. The number of nitrogens with one attached hydrogen (secondary N) is 1. The number of hydrogen-bond acceptors (Lipinski definition) is 2. The Balaban J connectivity index is 1.62. The van der Waals surface area contributed by atoms with E-state index in [0.717, 1.165) is 29.4 Å². The third-order valence-corrected chi connectivity index (χ3v) is 3.55. The highest BCUT2D eigenvalue weighted by molar-refractivity contribution is 6.30. The van der Waals surface area contributed by atoms with Crippen molar-refractivity contribution in [2.24, 2.45) is 0 Å². The SMILES string of the molecule is Cc1ccc2c(c1)CC(CNc1cccc(Cl)c1)O2. The van der Waals surface area contributed by atoms with Gasteiger partial charge in [-0.25, -0.2) is 0 Å². The third-order valence-electron chi connectivity index (χ3n) is 3.32. The van der Waals surface area contributed by atoms with Gasteiger partial charge < -0.3 is 10.1 Å². The molecule has 0 saturated heterocycles. The standard InChI is InChI=1S/C16H16ClNO/c1-11-5-6-16-12(7-11)8-15(19-16)10-18-14-4-2-3-13(17)9-14/h2-7,9,15,18H,8,10H2,1H3. The predicted octanol–water partition coefficient (Wildman–Crippen LogP) is 4.06. The highest BCUT2D eigenvalue weighted by Gasteiger charge is 2.22. The van der Waals surface area contributed by atoms with Gasteiger partial charge >= 0.3 is 0 Å². The van der Waals surface area contributed by atoms with Gasteiger partial charge in [-0.05, 0) is 36.8 Å². The number of anilines is 1. The first-order valence-corrected chi connectivity index (χ1v) is 6.84. The predicted molar refractivity (Wildman–Crippen MR) is 79.2 cm³/mol. The van der Waals surface area contributed by atoms with E-state index in [4.69, 9.17) is 16.3 Å². The lowest BCUT2D eigenvalue weighted by atomic mass is 10.1. The summed E-state index contributed by atoms with van der Waals surface area (Å²) < 4.78 is 5.92. The second-order valence-electron chi connectivity index (χ2n) is 4.95. The van der Waals surface area contributed by atoms with Gasteiger partial charge in [0.05, 0.1) is 6.54 Å². The zero-order chi connectivity index (χ0) is 13.2. The number of rotatable bonds is 3. The van der Waals surface area contributed by atoms with E-state index in [9.17, 15) is 0 Å². The van der Waals surface area contributed by atoms with Gasteiger partial charge in [-0.2, -0.15) is 0 Å². The van der Waals surface area contributed by atoms with Crippen LogP contribution >= 0.6 is 11.6 Å². The van der Waals surface area contributed by atoms with Crippen LogP contribution in [0, 0.1) is 6.92 Å². The van der Waals surface area contributed by atoms with E-state index >= 15 is 0 Å². The minimum atomic E-state index is 0.191. The highest BCUT2D eigenvalue weighted by atomic mass is 35.5. The van der Waals surface area contributed by atoms with Crippen molar-refractivity contribution in [3.63, 3.8) is 0 Å². The van der Waals surface area contributed by atoms with Crippen molar-refractivity contribution in [3.8, 4) is 5.75 Å². The van der Waals surface area contributed by atoms with E-state index in [0.29, 0.717) is 0 Å². The summed E-state index contributed by atoms with van der Waals surface area (Å²) >= 11 is 5.96. The fourth-order valence-corrected chi connectivity index (χ4v) is 2.58. The maximum absolute atomic E-state index is 5.96. The molecular weight excluding hydrogens is 258 g/mol. The van der Waals surface area contributed by atoms with Crippen molar-refractivity contribution in [2.45, 2.75) is 19.4 Å². The number of fused-ring (bicyclic) bond motifs is 1. The van der Waals surface area contributed by atoms with Gasteiger partial charge in [-0.1, -0.05) is 35.4 Å². The first-order valence-electron chi connectivity index (χ1n) is 6.46. The van der Waals surface area contributed by atoms with Crippen LogP contribution in [0.25, 0.3) is 0 Å². The topological polar surface area (TPSA) is 21.3 Å². The molecule has 1 atom stereocenters. The third kappa shape index (κ3) is 2.85. The van der Waals surface area contributed by atoms with Crippen LogP contribution in [-0.4, -0.2) is 12.6 Å². The molecule has 1 unspecified atom stereocenters. The highest BCUT2D eigenvalue weighted by Crippen LogP contribution is 2.29. The monoisotopic (exact) mass is 273 g/mol. The van der Waals surface area contributed by atoms with Crippen LogP contribution in [0.2, 0.25) is 5.02 Å². The van der Waals surface area contributed by atoms with Crippen LogP contribution in [0.15, 0.2) is 42.5 Å². The molecule has 2 nitrogen and oxygen atoms in total. The first kappa shape index (κ1) is 12.4. The summed E-state index contributed by atoms with van der Waals surface area (Å²) in [6, 6.07) is 14.1. The van der Waals surface area contributed by atoms with Crippen molar-refractivity contribution < 1.29 is 4.74 Å². The van der Waals surface area contributed by atoms with Gasteiger partial charge in [-0.3, -0.25) is 0 Å². The maximum Gasteiger partial charge on any atom is 0.123 e. The van der Waals surface area contributed by atoms with Gasteiger partial charge in [0.25, 0.3) is 0 Å².